The fraction of sp³-hybridized carbons (Fsp3) is 0.136. The Kier molecular flexibility index (Phi) is 6.73. The second-order valence-electron chi connectivity index (χ2n) is 6.21. The van der Waals surface area contributed by atoms with Crippen LogP contribution < -0.4 is 10.1 Å². The third kappa shape index (κ3) is 5.46. The van der Waals surface area contributed by atoms with Crippen molar-refractivity contribution in [1.82, 2.24) is 5.32 Å². The Labute approximate surface area is 175 Å². The molecule has 0 saturated heterocycles. The van der Waals surface area contributed by atoms with Gasteiger partial charge in [-0.1, -0.05) is 83.4 Å². The summed E-state index contributed by atoms with van der Waals surface area (Å²) < 4.78 is 5.98. The molecule has 0 unspecified atom stereocenters. The molecule has 0 aromatic heterocycles. The lowest BCUT2D eigenvalue weighted by molar-refractivity contribution is 0.305. The predicted octanol–water partition coefficient (Wildman–Crippen LogP) is 6.35. The predicted molar refractivity (Wildman–Crippen MR) is 117 cm³/mol. The van der Waals surface area contributed by atoms with Gasteiger partial charge < -0.3 is 10.1 Å². The molecule has 0 saturated carbocycles. The molecule has 138 valence electrons. The molecule has 0 aliphatic rings. The van der Waals surface area contributed by atoms with E-state index in [1.165, 1.54) is 11.1 Å². The van der Waals surface area contributed by atoms with Gasteiger partial charge in [0, 0.05) is 6.54 Å². The molecule has 3 rings (SSSR count). The molecule has 3 aromatic rings. The number of thiocarbonyl (C=S) groups is 1. The van der Waals surface area contributed by atoms with Gasteiger partial charge in [-0.2, -0.15) is 0 Å². The standard InChI is InChI=1S/C22H19Cl2NOS/c1-15-5-4-6-16(11-15)13-25-22(27)18-7-2-3-8-21(18)26-14-17-9-10-19(23)20(24)12-17/h2-12H,13-14H2,1H3,(H,25,27). The third-order valence-corrected chi connectivity index (χ3v) is 5.15. The fourth-order valence-corrected chi connectivity index (χ4v) is 3.23. The van der Waals surface area contributed by atoms with Gasteiger partial charge in [0.05, 0.1) is 15.6 Å². The Hall–Kier alpha value is -2.07. The van der Waals surface area contributed by atoms with Crippen LogP contribution in [0.25, 0.3) is 0 Å². The van der Waals surface area contributed by atoms with Crippen molar-refractivity contribution in [2.24, 2.45) is 0 Å². The Bertz CT molecular complexity index is 959. The number of hydrogen-bond acceptors (Lipinski definition) is 2. The van der Waals surface area contributed by atoms with Crippen LogP contribution in [0.1, 0.15) is 22.3 Å². The number of rotatable bonds is 6. The van der Waals surface area contributed by atoms with E-state index in [1.807, 2.05) is 36.4 Å². The molecular weight excluding hydrogens is 397 g/mol. The van der Waals surface area contributed by atoms with Crippen molar-refractivity contribution in [2.45, 2.75) is 20.1 Å². The van der Waals surface area contributed by atoms with Gasteiger partial charge in [0.2, 0.25) is 0 Å². The van der Waals surface area contributed by atoms with Crippen molar-refractivity contribution in [3.05, 3.63) is 99.0 Å². The molecule has 3 aromatic carbocycles. The summed E-state index contributed by atoms with van der Waals surface area (Å²) in [5.74, 6) is 0.727. The monoisotopic (exact) mass is 415 g/mol. The van der Waals surface area contributed by atoms with Crippen LogP contribution in [0.4, 0.5) is 0 Å². The van der Waals surface area contributed by atoms with E-state index in [0.29, 0.717) is 28.2 Å². The Morgan fingerprint density at radius 1 is 0.926 bits per heavy atom. The Morgan fingerprint density at radius 3 is 2.52 bits per heavy atom. The van der Waals surface area contributed by atoms with Crippen LogP contribution in [0.15, 0.2) is 66.7 Å². The molecule has 5 heteroatoms. The van der Waals surface area contributed by atoms with Gasteiger partial charge in [-0.05, 0) is 42.3 Å². The lowest BCUT2D eigenvalue weighted by Gasteiger charge is -2.14. The maximum Gasteiger partial charge on any atom is 0.129 e. The first-order chi connectivity index (χ1) is 13.0. The normalized spacial score (nSPS) is 10.5. The number of aryl methyl sites for hydroxylation is 1. The number of halogens is 2. The Morgan fingerprint density at radius 2 is 1.74 bits per heavy atom. The lowest BCUT2D eigenvalue weighted by atomic mass is 10.1. The average Bonchev–Trinajstić information content (AvgIpc) is 2.67. The highest BCUT2D eigenvalue weighted by molar-refractivity contribution is 7.80. The van der Waals surface area contributed by atoms with Crippen molar-refractivity contribution < 1.29 is 4.74 Å². The molecular formula is C22H19Cl2NOS. The van der Waals surface area contributed by atoms with Crippen molar-refractivity contribution in [1.29, 1.82) is 0 Å². The Balaban J connectivity index is 1.67. The van der Waals surface area contributed by atoms with Crippen molar-refractivity contribution >= 4 is 40.4 Å². The number of ether oxygens (including phenoxy) is 1. The van der Waals surface area contributed by atoms with Gasteiger partial charge in [-0.25, -0.2) is 0 Å². The van der Waals surface area contributed by atoms with E-state index in [9.17, 15) is 0 Å². The number of para-hydroxylation sites is 1. The van der Waals surface area contributed by atoms with Crippen LogP contribution in [-0.2, 0) is 13.2 Å². The molecule has 0 atom stereocenters. The van der Waals surface area contributed by atoms with E-state index in [4.69, 9.17) is 40.2 Å². The van der Waals surface area contributed by atoms with Crippen LogP contribution >= 0.6 is 35.4 Å². The van der Waals surface area contributed by atoms with E-state index in [2.05, 4.69) is 30.4 Å². The summed E-state index contributed by atoms with van der Waals surface area (Å²) in [6, 6.07) is 21.5. The van der Waals surface area contributed by atoms with E-state index < -0.39 is 0 Å². The van der Waals surface area contributed by atoms with Crippen LogP contribution in [0.3, 0.4) is 0 Å². The molecule has 1 N–H and O–H groups in total. The van der Waals surface area contributed by atoms with Crippen molar-refractivity contribution in [3.8, 4) is 5.75 Å². The highest BCUT2D eigenvalue weighted by Crippen LogP contribution is 2.24. The number of benzene rings is 3. The van der Waals surface area contributed by atoms with E-state index in [1.54, 1.807) is 12.1 Å². The van der Waals surface area contributed by atoms with Gasteiger partial charge in [0.1, 0.15) is 17.3 Å². The minimum atomic E-state index is 0.383. The highest BCUT2D eigenvalue weighted by Gasteiger charge is 2.09. The SMILES string of the molecule is Cc1cccc(CNC(=S)c2ccccc2OCc2ccc(Cl)c(Cl)c2)c1. The summed E-state index contributed by atoms with van der Waals surface area (Å²) in [7, 11) is 0. The highest BCUT2D eigenvalue weighted by atomic mass is 35.5. The molecule has 0 aliphatic carbocycles. The molecule has 2 nitrogen and oxygen atoms in total. The van der Waals surface area contributed by atoms with E-state index in [0.717, 1.165) is 16.9 Å². The second-order valence-corrected chi connectivity index (χ2v) is 7.43. The van der Waals surface area contributed by atoms with Gasteiger partial charge in [0.25, 0.3) is 0 Å². The molecule has 27 heavy (non-hydrogen) atoms. The summed E-state index contributed by atoms with van der Waals surface area (Å²) >= 11 is 17.6. The zero-order chi connectivity index (χ0) is 19.2. The summed E-state index contributed by atoms with van der Waals surface area (Å²) in [4.78, 5) is 0.654. The topological polar surface area (TPSA) is 21.3 Å². The van der Waals surface area contributed by atoms with Crippen LogP contribution in [0.5, 0.6) is 5.75 Å². The second kappa shape index (κ2) is 9.23. The first kappa shape index (κ1) is 19.7. The number of nitrogens with one attached hydrogen (secondary N) is 1. The quantitative estimate of drug-likeness (QED) is 0.474. The molecule has 0 radical (unpaired) electrons. The van der Waals surface area contributed by atoms with Crippen molar-refractivity contribution in [3.63, 3.8) is 0 Å². The largest absolute Gasteiger partial charge is 0.488 e. The smallest absolute Gasteiger partial charge is 0.129 e. The maximum absolute atomic E-state index is 6.07. The zero-order valence-corrected chi connectivity index (χ0v) is 17.2. The van der Waals surface area contributed by atoms with Crippen LogP contribution in [-0.4, -0.2) is 4.99 Å². The molecule has 0 aliphatic heterocycles. The molecule has 0 bridgehead atoms. The summed E-state index contributed by atoms with van der Waals surface area (Å²) in [6.07, 6.45) is 0. The summed E-state index contributed by atoms with van der Waals surface area (Å²) in [5, 5.41) is 4.36. The van der Waals surface area contributed by atoms with E-state index in [-0.39, 0.29) is 0 Å². The average molecular weight is 416 g/mol. The van der Waals surface area contributed by atoms with Crippen LogP contribution in [0, 0.1) is 6.92 Å². The van der Waals surface area contributed by atoms with Gasteiger partial charge in [-0.3, -0.25) is 0 Å². The van der Waals surface area contributed by atoms with Gasteiger partial charge in [-0.15, -0.1) is 0 Å². The molecule has 0 fully saturated rings. The maximum atomic E-state index is 6.07. The number of hydrogen-bond donors (Lipinski definition) is 1. The fourth-order valence-electron chi connectivity index (χ4n) is 2.67. The minimum absolute atomic E-state index is 0.383. The zero-order valence-electron chi connectivity index (χ0n) is 14.8. The van der Waals surface area contributed by atoms with Crippen LogP contribution in [0.2, 0.25) is 10.0 Å². The van der Waals surface area contributed by atoms with Gasteiger partial charge >= 0.3 is 0 Å². The molecule has 0 spiro atoms. The summed E-state index contributed by atoms with van der Waals surface area (Å²) in [6.45, 7) is 3.13. The first-order valence-corrected chi connectivity index (χ1v) is 9.69. The lowest BCUT2D eigenvalue weighted by Crippen LogP contribution is -2.22. The van der Waals surface area contributed by atoms with Crippen molar-refractivity contribution in [2.75, 3.05) is 0 Å². The third-order valence-electron chi connectivity index (χ3n) is 4.05. The summed E-state index contributed by atoms with van der Waals surface area (Å²) in [5.41, 5.74) is 4.22. The molecule has 0 amide bonds. The van der Waals surface area contributed by atoms with E-state index >= 15 is 0 Å². The van der Waals surface area contributed by atoms with Gasteiger partial charge in [0.15, 0.2) is 0 Å². The minimum Gasteiger partial charge on any atom is -0.488 e. The first-order valence-electron chi connectivity index (χ1n) is 8.52. The molecule has 0 heterocycles.